The second-order valence-corrected chi connectivity index (χ2v) is 6.40. The van der Waals surface area contributed by atoms with Crippen molar-refractivity contribution in [3.05, 3.63) is 23.2 Å². The van der Waals surface area contributed by atoms with Gasteiger partial charge >= 0.3 is 0 Å². The molecule has 2 atom stereocenters. The number of nitrogens with zero attached hydrogens (tertiary/aromatic N) is 1. The molecule has 0 radical (unpaired) electrons. The van der Waals surface area contributed by atoms with Gasteiger partial charge in [-0.1, -0.05) is 18.5 Å². The Hall–Kier alpha value is -0.910. The number of amides is 1. The number of carbonyl (C=O) groups excluding carboxylic acids is 1. The van der Waals surface area contributed by atoms with Crippen molar-refractivity contribution >= 4 is 40.6 Å². The topological polar surface area (TPSA) is 58.4 Å². The molecule has 0 spiro atoms. The number of hydrogen-bond acceptors (Lipinski definition) is 4. The Morgan fingerprint density at radius 2 is 2.19 bits per heavy atom. The molecule has 0 fully saturated rings. The van der Waals surface area contributed by atoms with Gasteiger partial charge in [-0.3, -0.25) is 9.69 Å². The van der Waals surface area contributed by atoms with Gasteiger partial charge in [0.15, 0.2) is 0 Å². The Balaban J connectivity index is 2.71. The zero-order valence-corrected chi connectivity index (χ0v) is 14.6. The predicted molar refractivity (Wildman–Crippen MR) is 94.2 cm³/mol. The first-order chi connectivity index (χ1) is 9.90. The summed E-state index contributed by atoms with van der Waals surface area (Å²) in [5, 5.41) is 3.38. The van der Waals surface area contributed by atoms with Crippen LogP contribution in [0.15, 0.2) is 18.2 Å². The van der Waals surface area contributed by atoms with E-state index in [1.54, 1.807) is 30.0 Å². The van der Waals surface area contributed by atoms with E-state index >= 15 is 0 Å². The summed E-state index contributed by atoms with van der Waals surface area (Å²) in [6.07, 6.45) is 3.10. The number of rotatable bonds is 7. The van der Waals surface area contributed by atoms with Crippen molar-refractivity contribution in [3.63, 3.8) is 0 Å². The molecule has 1 aromatic rings. The molecular formula is C15H24ClN3OS. The number of nitrogens with one attached hydrogen (secondary N) is 1. The highest BCUT2D eigenvalue weighted by Gasteiger charge is 2.23. The fraction of sp³-hybridized carbons (Fsp3) is 0.533. The predicted octanol–water partition coefficient (Wildman–Crippen LogP) is 3.32. The van der Waals surface area contributed by atoms with Crippen molar-refractivity contribution in [2.24, 2.45) is 0 Å². The Kier molecular flexibility index (Phi) is 7.35. The fourth-order valence-electron chi connectivity index (χ4n) is 2.09. The van der Waals surface area contributed by atoms with Crippen LogP contribution in [-0.4, -0.2) is 41.9 Å². The van der Waals surface area contributed by atoms with Crippen molar-refractivity contribution in [1.29, 1.82) is 0 Å². The fourth-order valence-corrected chi connectivity index (χ4v) is 3.06. The zero-order valence-electron chi connectivity index (χ0n) is 13.0. The minimum absolute atomic E-state index is 0.0428. The van der Waals surface area contributed by atoms with Crippen LogP contribution in [0.1, 0.15) is 20.3 Å². The maximum atomic E-state index is 12.3. The molecule has 0 aliphatic heterocycles. The summed E-state index contributed by atoms with van der Waals surface area (Å²) in [6, 6.07) is 5.29. The van der Waals surface area contributed by atoms with E-state index < -0.39 is 0 Å². The first-order valence-corrected chi connectivity index (χ1v) is 8.74. The third-order valence-corrected chi connectivity index (χ3v) is 4.72. The highest BCUT2D eigenvalue weighted by molar-refractivity contribution is 7.98. The Morgan fingerprint density at radius 1 is 1.52 bits per heavy atom. The number of halogens is 1. The summed E-state index contributed by atoms with van der Waals surface area (Å²) < 4.78 is 0. The molecule has 1 aromatic carbocycles. The number of thioether (sulfide) groups is 1. The van der Waals surface area contributed by atoms with Gasteiger partial charge in [0.05, 0.1) is 16.8 Å². The molecule has 0 saturated carbocycles. The summed E-state index contributed by atoms with van der Waals surface area (Å²) in [5.74, 6) is 0.970. The molecular weight excluding hydrogens is 306 g/mol. The number of anilines is 2. The van der Waals surface area contributed by atoms with Crippen molar-refractivity contribution in [3.8, 4) is 0 Å². The number of benzene rings is 1. The number of carbonyl (C=O) groups is 1. The number of nitrogen functional groups attached to an aromatic ring is 1. The highest BCUT2D eigenvalue weighted by Crippen LogP contribution is 2.22. The Labute approximate surface area is 136 Å². The molecule has 0 aromatic heterocycles. The molecule has 6 heteroatoms. The van der Waals surface area contributed by atoms with E-state index in [0.29, 0.717) is 22.4 Å². The second kappa shape index (κ2) is 8.51. The van der Waals surface area contributed by atoms with E-state index in [9.17, 15) is 4.79 Å². The van der Waals surface area contributed by atoms with Gasteiger partial charge in [-0.25, -0.2) is 0 Å². The summed E-state index contributed by atoms with van der Waals surface area (Å²) in [6.45, 7) is 4.06. The van der Waals surface area contributed by atoms with Crippen molar-refractivity contribution in [2.45, 2.75) is 32.4 Å². The third kappa shape index (κ3) is 5.09. The van der Waals surface area contributed by atoms with Gasteiger partial charge in [0.25, 0.3) is 0 Å². The summed E-state index contributed by atoms with van der Waals surface area (Å²) in [5.41, 5.74) is 6.87. The second-order valence-electron chi connectivity index (χ2n) is 5.08. The zero-order chi connectivity index (χ0) is 16.0. The highest BCUT2D eigenvalue weighted by atomic mass is 35.5. The maximum Gasteiger partial charge on any atom is 0.241 e. The van der Waals surface area contributed by atoms with E-state index in [1.807, 2.05) is 14.0 Å². The van der Waals surface area contributed by atoms with Gasteiger partial charge < -0.3 is 11.1 Å². The minimum atomic E-state index is -0.209. The normalized spacial score (nSPS) is 14.0. The third-order valence-electron chi connectivity index (χ3n) is 3.66. The van der Waals surface area contributed by atoms with E-state index in [0.717, 1.165) is 12.2 Å². The van der Waals surface area contributed by atoms with Crippen LogP contribution in [0.2, 0.25) is 5.02 Å². The van der Waals surface area contributed by atoms with Crippen molar-refractivity contribution in [2.75, 3.05) is 30.1 Å². The van der Waals surface area contributed by atoms with Gasteiger partial charge in [0.2, 0.25) is 5.91 Å². The molecule has 0 saturated heterocycles. The molecule has 0 bridgehead atoms. The van der Waals surface area contributed by atoms with Crippen LogP contribution in [0.25, 0.3) is 0 Å². The monoisotopic (exact) mass is 329 g/mol. The molecule has 3 N–H and O–H groups in total. The lowest BCUT2D eigenvalue weighted by Crippen LogP contribution is -2.46. The molecule has 1 rings (SSSR count). The molecule has 0 aliphatic rings. The first-order valence-electron chi connectivity index (χ1n) is 6.97. The smallest absolute Gasteiger partial charge is 0.241 e. The first kappa shape index (κ1) is 18.1. The minimum Gasteiger partial charge on any atom is -0.397 e. The Bertz CT molecular complexity index is 484. The quantitative estimate of drug-likeness (QED) is 0.753. The van der Waals surface area contributed by atoms with E-state index in [1.165, 1.54) is 0 Å². The van der Waals surface area contributed by atoms with Crippen LogP contribution < -0.4 is 11.1 Å². The van der Waals surface area contributed by atoms with E-state index in [-0.39, 0.29) is 11.9 Å². The Morgan fingerprint density at radius 3 is 2.71 bits per heavy atom. The summed E-state index contributed by atoms with van der Waals surface area (Å²) >= 11 is 7.67. The lowest BCUT2D eigenvalue weighted by Gasteiger charge is -2.31. The largest absolute Gasteiger partial charge is 0.397 e. The number of nitrogens with two attached hydrogens (primary N) is 1. The van der Waals surface area contributed by atoms with Crippen molar-refractivity contribution in [1.82, 2.24) is 4.90 Å². The average molecular weight is 330 g/mol. The molecule has 0 heterocycles. The lowest BCUT2D eigenvalue weighted by atomic mass is 10.1. The van der Waals surface area contributed by atoms with E-state index in [2.05, 4.69) is 23.4 Å². The molecule has 118 valence electrons. The standard InChI is InChI=1S/C15H24ClN3OS/c1-5-12(9-21-4)19(3)10(2)15(20)18-11-6-7-13(16)14(17)8-11/h6-8,10,12H,5,9,17H2,1-4H3,(H,18,20). The molecule has 0 aliphatic carbocycles. The van der Waals surface area contributed by atoms with Gasteiger partial charge in [-0.2, -0.15) is 11.8 Å². The maximum absolute atomic E-state index is 12.3. The van der Waals surface area contributed by atoms with Crippen LogP contribution in [0.4, 0.5) is 11.4 Å². The average Bonchev–Trinajstić information content (AvgIpc) is 2.47. The molecule has 2 unspecified atom stereocenters. The van der Waals surface area contributed by atoms with Crippen molar-refractivity contribution < 1.29 is 4.79 Å². The lowest BCUT2D eigenvalue weighted by molar-refractivity contribution is -0.120. The van der Waals surface area contributed by atoms with Gasteiger partial charge in [-0.15, -0.1) is 0 Å². The summed E-state index contributed by atoms with van der Waals surface area (Å²) in [4.78, 5) is 14.5. The van der Waals surface area contributed by atoms with Crippen LogP contribution >= 0.6 is 23.4 Å². The van der Waals surface area contributed by atoms with Gasteiger partial charge in [0.1, 0.15) is 0 Å². The number of likely N-dealkylation sites (N-methyl/N-ethyl adjacent to an activating group) is 1. The van der Waals surface area contributed by atoms with Crippen LogP contribution in [0.3, 0.4) is 0 Å². The molecule has 4 nitrogen and oxygen atoms in total. The van der Waals surface area contributed by atoms with Crippen LogP contribution in [0, 0.1) is 0 Å². The SMILES string of the molecule is CCC(CSC)N(C)C(C)C(=O)Nc1ccc(Cl)c(N)c1. The van der Waals surface area contributed by atoms with Gasteiger partial charge in [-0.05, 0) is 44.8 Å². The summed E-state index contributed by atoms with van der Waals surface area (Å²) in [7, 11) is 1.99. The molecule has 21 heavy (non-hydrogen) atoms. The van der Waals surface area contributed by atoms with Crippen LogP contribution in [0.5, 0.6) is 0 Å². The van der Waals surface area contributed by atoms with Crippen LogP contribution in [-0.2, 0) is 4.79 Å². The van der Waals surface area contributed by atoms with Gasteiger partial charge in [0, 0.05) is 17.5 Å². The number of hydrogen-bond donors (Lipinski definition) is 2. The molecule has 1 amide bonds. The van der Waals surface area contributed by atoms with E-state index in [4.69, 9.17) is 17.3 Å².